The van der Waals surface area contributed by atoms with Crippen LogP contribution in [-0.4, -0.2) is 0 Å². The second kappa shape index (κ2) is 3.90. The highest BCUT2D eigenvalue weighted by Crippen LogP contribution is 2.52. The molecular formula is C12H8N4. The van der Waals surface area contributed by atoms with Gasteiger partial charge in [-0.25, -0.2) is 0 Å². The molecule has 0 radical (unpaired) electrons. The second-order valence-electron chi connectivity index (χ2n) is 3.96. The highest BCUT2D eigenvalue weighted by molar-refractivity contribution is 5.59. The number of rotatable bonds is 0. The predicted octanol–water partition coefficient (Wildman–Crippen LogP) is 2.10. The van der Waals surface area contributed by atoms with Gasteiger partial charge in [0.25, 0.3) is 0 Å². The van der Waals surface area contributed by atoms with Crippen molar-refractivity contribution in [1.82, 2.24) is 0 Å². The standard InChI is InChI=1S/C12H8N4/c1-12(2)10(8(4-13)5-14)3-11(12)9(6-15)7-16/h3H2,1-2H3. The van der Waals surface area contributed by atoms with E-state index in [0.29, 0.717) is 17.6 Å². The van der Waals surface area contributed by atoms with Crippen LogP contribution in [0, 0.1) is 50.7 Å². The summed E-state index contributed by atoms with van der Waals surface area (Å²) in [5.74, 6) is 0. The van der Waals surface area contributed by atoms with Crippen LogP contribution in [0.25, 0.3) is 0 Å². The Labute approximate surface area is 93.9 Å². The van der Waals surface area contributed by atoms with Gasteiger partial charge in [0, 0.05) is 5.41 Å². The minimum absolute atomic E-state index is 0.0870. The quantitative estimate of drug-likeness (QED) is 0.569. The molecule has 0 aromatic rings. The Morgan fingerprint density at radius 1 is 0.875 bits per heavy atom. The van der Waals surface area contributed by atoms with E-state index in [1.807, 2.05) is 38.1 Å². The molecule has 0 amide bonds. The Morgan fingerprint density at radius 2 is 1.19 bits per heavy atom. The molecule has 0 spiro atoms. The molecule has 0 saturated heterocycles. The largest absolute Gasteiger partial charge is 0.192 e. The summed E-state index contributed by atoms with van der Waals surface area (Å²) in [5.41, 5.74) is 1.06. The summed E-state index contributed by atoms with van der Waals surface area (Å²) >= 11 is 0. The van der Waals surface area contributed by atoms with Gasteiger partial charge in [0.05, 0.1) is 0 Å². The van der Waals surface area contributed by atoms with E-state index in [2.05, 4.69) is 0 Å². The Bertz CT molecular complexity index is 480. The van der Waals surface area contributed by atoms with Gasteiger partial charge in [0.1, 0.15) is 35.4 Å². The third-order valence-corrected chi connectivity index (χ3v) is 2.91. The molecule has 0 aromatic heterocycles. The average molecular weight is 208 g/mol. The van der Waals surface area contributed by atoms with E-state index in [1.54, 1.807) is 0 Å². The smallest absolute Gasteiger partial charge is 0.130 e. The van der Waals surface area contributed by atoms with Crippen LogP contribution >= 0.6 is 0 Å². The van der Waals surface area contributed by atoms with Gasteiger partial charge in [-0.1, -0.05) is 13.8 Å². The lowest BCUT2D eigenvalue weighted by molar-refractivity contribution is 0.429. The van der Waals surface area contributed by atoms with E-state index in [1.165, 1.54) is 0 Å². The molecule has 1 aliphatic carbocycles. The van der Waals surface area contributed by atoms with E-state index in [-0.39, 0.29) is 11.1 Å². The molecule has 4 nitrogen and oxygen atoms in total. The summed E-state index contributed by atoms with van der Waals surface area (Å²) in [6, 6.07) is 7.34. The number of nitrogens with zero attached hydrogens (tertiary/aromatic N) is 4. The maximum atomic E-state index is 8.76. The first kappa shape index (κ1) is 11.5. The second-order valence-corrected chi connectivity index (χ2v) is 3.96. The molecule has 0 atom stereocenters. The van der Waals surface area contributed by atoms with Crippen LogP contribution in [0.2, 0.25) is 0 Å². The SMILES string of the molecule is CC1(C)C(=C(C#N)C#N)CC1=C(C#N)C#N. The van der Waals surface area contributed by atoms with Crippen molar-refractivity contribution in [2.75, 3.05) is 0 Å². The molecule has 4 heteroatoms. The van der Waals surface area contributed by atoms with Gasteiger partial charge in [0.2, 0.25) is 0 Å². The van der Waals surface area contributed by atoms with Gasteiger partial charge in [-0.3, -0.25) is 0 Å². The van der Waals surface area contributed by atoms with E-state index in [4.69, 9.17) is 21.0 Å². The highest BCUT2D eigenvalue weighted by Gasteiger charge is 2.42. The lowest BCUT2D eigenvalue weighted by Gasteiger charge is -2.41. The fraction of sp³-hybridized carbons (Fsp3) is 0.333. The number of hydrogen-bond acceptors (Lipinski definition) is 4. The third-order valence-electron chi connectivity index (χ3n) is 2.91. The maximum absolute atomic E-state index is 8.76. The van der Waals surface area contributed by atoms with Crippen LogP contribution in [0.3, 0.4) is 0 Å². The Balaban J connectivity index is 3.33. The van der Waals surface area contributed by atoms with Crippen molar-refractivity contribution in [3.05, 3.63) is 22.3 Å². The zero-order valence-corrected chi connectivity index (χ0v) is 9.00. The molecule has 1 rings (SSSR count). The van der Waals surface area contributed by atoms with E-state index < -0.39 is 5.41 Å². The van der Waals surface area contributed by atoms with Crippen molar-refractivity contribution in [3.8, 4) is 24.3 Å². The Morgan fingerprint density at radius 3 is 1.38 bits per heavy atom. The van der Waals surface area contributed by atoms with Gasteiger partial charge in [-0.2, -0.15) is 21.0 Å². The highest BCUT2D eigenvalue weighted by atomic mass is 14.5. The van der Waals surface area contributed by atoms with Crippen LogP contribution in [0.15, 0.2) is 22.3 Å². The number of hydrogen-bond donors (Lipinski definition) is 0. The molecule has 1 saturated carbocycles. The van der Waals surface area contributed by atoms with Crippen molar-refractivity contribution in [2.45, 2.75) is 20.3 Å². The topological polar surface area (TPSA) is 95.2 Å². The summed E-state index contributed by atoms with van der Waals surface area (Å²) < 4.78 is 0. The lowest BCUT2D eigenvalue weighted by Crippen LogP contribution is -2.31. The van der Waals surface area contributed by atoms with Gasteiger partial charge < -0.3 is 0 Å². The molecule has 1 fully saturated rings. The summed E-state index contributed by atoms with van der Waals surface area (Å²) in [5, 5.41) is 35.0. The normalized spacial score (nSPS) is 15.9. The molecule has 76 valence electrons. The van der Waals surface area contributed by atoms with Gasteiger partial charge >= 0.3 is 0 Å². The minimum Gasteiger partial charge on any atom is -0.192 e. The first-order valence-electron chi connectivity index (χ1n) is 4.60. The lowest BCUT2D eigenvalue weighted by atomic mass is 9.60. The molecule has 0 N–H and O–H groups in total. The zero-order valence-electron chi connectivity index (χ0n) is 9.00. The molecular weight excluding hydrogens is 200 g/mol. The fourth-order valence-corrected chi connectivity index (χ4v) is 1.82. The van der Waals surface area contributed by atoms with Gasteiger partial charge in [-0.05, 0) is 17.6 Å². The number of allylic oxidation sites excluding steroid dienone is 4. The fourth-order valence-electron chi connectivity index (χ4n) is 1.82. The van der Waals surface area contributed by atoms with E-state index in [9.17, 15) is 0 Å². The molecule has 0 heterocycles. The van der Waals surface area contributed by atoms with Crippen LogP contribution in [0.4, 0.5) is 0 Å². The number of nitriles is 4. The van der Waals surface area contributed by atoms with Crippen molar-refractivity contribution >= 4 is 0 Å². The van der Waals surface area contributed by atoms with Gasteiger partial charge in [0.15, 0.2) is 0 Å². The molecule has 0 aliphatic heterocycles. The summed E-state index contributed by atoms with van der Waals surface area (Å²) in [6.45, 7) is 3.62. The Kier molecular flexibility index (Phi) is 2.80. The van der Waals surface area contributed by atoms with Crippen molar-refractivity contribution in [1.29, 1.82) is 21.0 Å². The van der Waals surface area contributed by atoms with Crippen molar-refractivity contribution < 1.29 is 0 Å². The summed E-state index contributed by atoms with van der Waals surface area (Å²) in [7, 11) is 0. The summed E-state index contributed by atoms with van der Waals surface area (Å²) in [4.78, 5) is 0. The zero-order chi connectivity index (χ0) is 12.3. The minimum atomic E-state index is -0.526. The van der Waals surface area contributed by atoms with E-state index in [0.717, 1.165) is 0 Å². The molecule has 16 heavy (non-hydrogen) atoms. The average Bonchev–Trinajstić information content (AvgIpc) is 2.28. The first-order chi connectivity index (χ1) is 7.52. The van der Waals surface area contributed by atoms with Crippen LogP contribution in [0.1, 0.15) is 20.3 Å². The molecule has 0 aromatic carbocycles. The van der Waals surface area contributed by atoms with Crippen molar-refractivity contribution in [3.63, 3.8) is 0 Å². The maximum Gasteiger partial charge on any atom is 0.130 e. The molecule has 0 unspecified atom stereocenters. The van der Waals surface area contributed by atoms with Crippen LogP contribution < -0.4 is 0 Å². The Hall–Kier alpha value is -2.56. The monoisotopic (exact) mass is 208 g/mol. The first-order valence-corrected chi connectivity index (χ1v) is 4.60. The van der Waals surface area contributed by atoms with E-state index >= 15 is 0 Å². The summed E-state index contributed by atoms with van der Waals surface area (Å²) in [6.07, 6.45) is 0.375. The third kappa shape index (κ3) is 1.44. The van der Waals surface area contributed by atoms with Crippen molar-refractivity contribution in [2.24, 2.45) is 5.41 Å². The molecule has 1 aliphatic rings. The van der Waals surface area contributed by atoms with Gasteiger partial charge in [-0.15, -0.1) is 0 Å². The molecule has 0 bridgehead atoms. The predicted molar refractivity (Wildman–Crippen MR) is 54.9 cm³/mol. The van der Waals surface area contributed by atoms with Crippen LogP contribution in [0.5, 0.6) is 0 Å². The van der Waals surface area contributed by atoms with Crippen LogP contribution in [-0.2, 0) is 0 Å².